The Bertz CT molecular complexity index is 1250. The molecule has 0 saturated carbocycles. The number of hydrogen-bond acceptors (Lipinski definition) is 6. The molecule has 0 amide bonds. The number of aryl methyl sites for hydroxylation is 1. The number of pyridine rings is 1. The number of fused-ring (bicyclic) bond motifs is 1. The van der Waals surface area contributed by atoms with Gasteiger partial charge in [0.1, 0.15) is 17.0 Å². The van der Waals surface area contributed by atoms with Gasteiger partial charge >= 0.3 is 0 Å². The maximum Gasteiger partial charge on any atom is 0.264 e. The summed E-state index contributed by atoms with van der Waals surface area (Å²) in [6, 6.07) is 17.5. The fourth-order valence-corrected chi connectivity index (χ4v) is 3.63. The quantitative estimate of drug-likeness (QED) is 0.364. The molecular formula is C23H22N4O2S. The van der Waals surface area contributed by atoms with Gasteiger partial charge in [0.15, 0.2) is 5.16 Å². The third-order valence-electron chi connectivity index (χ3n) is 4.78. The minimum atomic E-state index is -0.133. The summed E-state index contributed by atoms with van der Waals surface area (Å²) in [5.41, 5.74) is 3.51. The molecule has 2 aromatic carbocycles. The first kappa shape index (κ1) is 20.0. The Morgan fingerprint density at radius 3 is 2.60 bits per heavy atom. The van der Waals surface area contributed by atoms with E-state index in [1.165, 1.54) is 11.8 Å². The molecule has 0 unspecified atom stereocenters. The first-order valence-corrected chi connectivity index (χ1v) is 10.7. The van der Waals surface area contributed by atoms with Crippen LogP contribution in [0.4, 0.5) is 11.5 Å². The molecule has 0 bridgehead atoms. The van der Waals surface area contributed by atoms with Crippen molar-refractivity contribution in [3.8, 4) is 5.75 Å². The van der Waals surface area contributed by atoms with Crippen LogP contribution in [0.1, 0.15) is 11.1 Å². The number of aromatic nitrogens is 3. The fraction of sp³-hybridized carbons (Fsp3) is 0.174. The average Bonchev–Trinajstić information content (AvgIpc) is 2.76. The van der Waals surface area contributed by atoms with Gasteiger partial charge in [0.2, 0.25) is 0 Å². The molecule has 0 saturated heterocycles. The molecule has 2 heterocycles. The van der Waals surface area contributed by atoms with Crippen LogP contribution < -0.4 is 15.6 Å². The third-order valence-corrected chi connectivity index (χ3v) is 5.33. The number of hydrogen-bond donors (Lipinski definition) is 1. The van der Waals surface area contributed by atoms with Crippen molar-refractivity contribution in [1.82, 2.24) is 14.5 Å². The van der Waals surface area contributed by atoms with E-state index in [2.05, 4.69) is 15.3 Å². The van der Waals surface area contributed by atoms with Crippen LogP contribution in [0.25, 0.3) is 10.9 Å². The minimum absolute atomic E-state index is 0.133. The van der Waals surface area contributed by atoms with Gasteiger partial charge in [-0.2, -0.15) is 0 Å². The van der Waals surface area contributed by atoms with E-state index in [-0.39, 0.29) is 5.56 Å². The summed E-state index contributed by atoms with van der Waals surface area (Å²) in [6.07, 6.45) is 3.70. The predicted molar refractivity (Wildman–Crippen MR) is 122 cm³/mol. The van der Waals surface area contributed by atoms with E-state index in [0.717, 1.165) is 22.6 Å². The van der Waals surface area contributed by atoms with Gasteiger partial charge in [0, 0.05) is 11.9 Å². The first-order valence-electron chi connectivity index (χ1n) is 9.49. The second-order valence-electron chi connectivity index (χ2n) is 6.91. The molecule has 1 N–H and O–H groups in total. The van der Waals surface area contributed by atoms with Gasteiger partial charge in [-0.25, -0.2) is 9.97 Å². The van der Waals surface area contributed by atoms with E-state index in [9.17, 15) is 4.79 Å². The highest BCUT2D eigenvalue weighted by molar-refractivity contribution is 7.98. The zero-order valence-corrected chi connectivity index (χ0v) is 17.9. The molecule has 4 rings (SSSR count). The number of nitrogens with one attached hydrogen (secondary N) is 1. The molecule has 0 spiro atoms. The SMILES string of the molecule is COc1ccc(Cn2ccc3nc(SC)nc(Nc4cccc(C)c4)c3c2=O)cc1. The molecule has 152 valence electrons. The number of anilines is 2. The monoisotopic (exact) mass is 418 g/mol. The second-order valence-corrected chi connectivity index (χ2v) is 7.68. The molecule has 0 aliphatic heterocycles. The largest absolute Gasteiger partial charge is 0.497 e. The summed E-state index contributed by atoms with van der Waals surface area (Å²) < 4.78 is 6.88. The zero-order chi connectivity index (χ0) is 21.1. The molecule has 2 aromatic heterocycles. The summed E-state index contributed by atoms with van der Waals surface area (Å²) in [6.45, 7) is 2.48. The van der Waals surface area contributed by atoms with Crippen molar-refractivity contribution in [2.75, 3.05) is 18.7 Å². The Kier molecular flexibility index (Phi) is 5.72. The van der Waals surface area contributed by atoms with E-state index >= 15 is 0 Å². The van der Waals surface area contributed by atoms with Gasteiger partial charge in [-0.1, -0.05) is 36.0 Å². The number of nitrogens with zero attached hydrogens (tertiary/aromatic N) is 3. The zero-order valence-electron chi connectivity index (χ0n) is 17.0. The van der Waals surface area contributed by atoms with Gasteiger partial charge in [0.25, 0.3) is 5.56 Å². The fourth-order valence-electron chi connectivity index (χ4n) is 3.25. The van der Waals surface area contributed by atoms with Gasteiger partial charge in [-0.3, -0.25) is 4.79 Å². The Labute approximate surface area is 179 Å². The Morgan fingerprint density at radius 2 is 1.90 bits per heavy atom. The van der Waals surface area contributed by atoms with Gasteiger partial charge in [-0.15, -0.1) is 0 Å². The minimum Gasteiger partial charge on any atom is -0.497 e. The molecule has 0 aliphatic rings. The molecule has 0 radical (unpaired) electrons. The number of rotatable bonds is 6. The lowest BCUT2D eigenvalue weighted by Gasteiger charge is -2.13. The van der Waals surface area contributed by atoms with Crippen molar-refractivity contribution in [1.29, 1.82) is 0 Å². The van der Waals surface area contributed by atoms with Crippen LogP contribution in [0, 0.1) is 6.92 Å². The maximum atomic E-state index is 13.3. The highest BCUT2D eigenvalue weighted by Crippen LogP contribution is 2.24. The standard InChI is InChI=1S/C23H22N4O2S/c1-15-5-4-6-17(13-15)24-21-20-19(25-23(26-21)30-3)11-12-27(22(20)28)14-16-7-9-18(29-2)10-8-16/h4-13H,14H2,1-3H3,(H,24,25,26). The number of ether oxygens (including phenoxy) is 1. The van der Waals surface area contributed by atoms with Crippen molar-refractivity contribution in [3.05, 3.63) is 82.3 Å². The maximum absolute atomic E-state index is 13.3. The number of thioether (sulfide) groups is 1. The highest BCUT2D eigenvalue weighted by Gasteiger charge is 2.14. The Hall–Kier alpha value is -3.32. The summed E-state index contributed by atoms with van der Waals surface area (Å²) in [5, 5.41) is 4.41. The van der Waals surface area contributed by atoms with Gasteiger partial charge in [0.05, 0.1) is 19.2 Å². The molecule has 0 atom stereocenters. The summed E-state index contributed by atoms with van der Waals surface area (Å²) in [7, 11) is 1.63. The highest BCUT2D eigenvalue weighted by atomic mass is 32.2. The van der Waals surface area contributed by atoms with Crippen LogP contribution in [0.3, 0.4) is 0 Å². The van der Waals surface area contributed by atoms with Gasteiger partial charge in [-0.05, 0) is 54.6 Å². The van der Waals surface area contributed by atoms with Gasteiger partial charge < -0.3 is 14.6 Å². The second kappa shape index (κ2) is 8.59. The Balaban J connectivity index is 1.79. The number of methoxy groups -OCH3 is 1. The summed E-state index contributed by atoms with van der Waals surface area (Å²) in [4.78, 5) is 22.5. The van der Waals surface area contributed by atoms with E-state index in [1.54, 1.807) is 17.9 Å². The van der Waals surface area contributed by atoms with Crippen LogP contribution in [0.15, 0.2) is 70.7 Å². The van der Waals surface area contributed by atoms with E-state index in [4.69, 9.17) is 4.74 Å². The molecule has 30 heavy (non-hydrogen) atoms. The van der Waals surface area contributed by atoms with Crippen LogP contribution in [-0.2, 0) is 6.54 Å². The lowest BCUT2D eigenvalue weighted by Crippen LogP contribution is -2.21. The normalized spacial score (nSPS) is 10.9. The van der Waals surface area contributed by atoms with Crippen LogP contribution in [-0.4, -0.2) is 27.9 Å². The predicted octanol–water partition coefficient (Wildman–Crippen LogP) is 4.62. The van der Waals surface area contributed by atoms with Crippen LogP contribution in [0.2, 0.25) is 0 Å². The third kappa shape index (κ3) is 4.16. The van der Waals surface area contributed by atoms with E-state index < -0.39 is 0 Å². The lowest BCUT2D eigenvalue weighted by molar-refractivity contribution is 0.414. The average molecular weight is 419 g/mol. The summed E-state index contributed by atoms with van der Waals surface area (Å²) in [5.74, 6) is 1.30. The van der Waals surface area contributed by atoms with Crippen LogP contribution >= 0.6 is 11.8 Å². The number of benzene rings is 2. The molecule has 0 aliphatic carbocycles. The van der Waals surface area contributed by atoms with E-state index in [0.29, 0.717) is 28.4 Å². The molecule has 6 nitrogen and oxygen atoms in total. The van der Waals surface area contributed by atoms with Crippen molar-refractivity contribution in [2.45, 2.75) is 18.6 Å². The van der Waals surface area contributed by atoms with Crippen molar-refractivity contribution >= 4 is 34.2 Å². The molecule has 4 aromatic rings. The van der Waals surface area contributed by atoms with Crippen molar-refractivity contribution in [2.24, 2.45) is 0 Å². The Morgan fingerprint density at radius 1 is 1.10 bits per heavy atom. The molecule has 0 fully saturated rings. The topological polar surface area (TPSA) is 69.0 Å². The first-order chi connectivity index (χ1) is 14.6. The van der Waals surface area contributed by atoms with E-state index in [1.807, 2.05) is 67.8 Å². The smallest absolute Gasteiger partial charge is 0.264 e. The van der Waals surface area contributed by atoms with Crippen LogP contribution in [0.5, 0.6) is 5.75 Å². The molecule has 7 heteroatoms. The van der Waals surface area contributed by atoms with Crippen molar-refractivity contribution < 1.29 is 4.74 Å². The van der Waals surface area contributed by atoms with Crippen molar-refractivity contribution in [3.63, 3.8) is 0 Å². The molecular weight excluding hydrogens is 396 g/mol. The lowest BCUT2D eigenvalue weighted by atomic mass is 10.2. The summed E-state index contributed by atoms with van der Waals surface area (Å²) >= 11 is 1.44.